The fourth-order valence-corrected chi connectivity index (χ4v) is 2.89. The quantitative estimate of drug-likeness (QED) is 0.729. The molecule has 0 aliphatic rings. The average molecular weight is 357 g/mol. The van der Waals surface area contributed by atoms with Crippen LogP contribution < -0.4 is 0 Å². The Morgan fingerprint density at radius 2 is 1.81 bits per heavy atom. The first-order valence-electron chi connectivity index (χ1n) is 3.57. The molecule has 16 heavy (non-hydrogen) atoms. The second kappa shape index (κ2) is 4.36. The predicted molar refractivity (Wildman–Crippen MR) is 59.3 cm³/mol. The van der Waals surface area contributed by atoms with E-state index in [2.05, 4.69) is 15.9 Å². The summed E-state index contributed by atoms with van der Waals surface area (Å²) >= 11 is 14.0. The molecule has 1 aromatic carbocycles. The maximum absolute atomic E-state index is 12.4. The van der Waals surface area contributed by atoms with Gasteiger partial charge in [-0.25, -0.2) is 8.99 Å². The molecule has 0 saturated carbocycles. The number of halogens is 6. The Bertz CT molecular complexity index is 529. The third-order valence-electron chi connectivity index (χ3n) is 1.64. The molecule has 1 N–H and O–H groups in total. The predicted octanol–water partition coefficient (Wildman–Crippen LogP) is 4.68. The van der Waals surface area contributed by atoms with Crippen molar-refractivity contribution in [2.45, 2.75) is 10.4 Å². The van der Waals surface area contributed by atoms with Crippen molar-refractivity contribution in [3.05, 3.63) is 26.7 Å². The van der Waals surface area contributed by atoms with E-state index in [1.807, 2.05) is 0 Å². The number of alkyl halides is 3. The summed E-state index contributed by atoms with van der Waals surface area (Å²) in [6, 6.07) is 1.92. The third kappa shape index (κ3) is 2.32. The van der Waals surface area contributed by atoms with Crippen LogP contribution in [0.15, 0.2) is 21.5 Å². The molecule has 0 radical (unpaired) electrons. The molecule has 0 fully saturated rings. The molecule has 1 aromatic rings. The van der Waals surface area contributed by atoms with Gasteiger partial charge in [0.15, 0.2) is 9.73 Å². The molecule has 0 aliphatic heterocycles. The van der Waals surface area contributed by atoms with E-state index >= 15 is 0 Å². The van der Waals surface area contributed by atoms with Gasteiger partial charge >= 0.3 is 5.51 Å². The molecular weight excluding hydrogens is 354 g/mol. The topological polar surface area (TPSA) is 40.9 Å². The van der Waals surface area contributed by atoms with Crippen LogP contribution in [0.3, 0.4) is 0 Å². The smallest absolute Gasteiger partial charge is 0.241 e. The minimum atomic E-state index is -5.18. The first-order valence-corrected chi connectivity index (χ1v) is 6.68. The highest BCUT2D eigenvalue weighted by Crippen LogP contribution is 2.40. The van der Waals surface area contributed by atoms with Gasteiger partial charge in [-0.2, -0.15) is 13.2 Å². The SMILES string of the molecule is N=S(=O)(c1ccc(Cl)c(Br)c1Cl)C(F)(F)F. The van der Waals surface area contributed by atoms with Crippen LogP contribution in [-0.4, -0.2) is 9.72 Å². The Morgan fingerprint density at radius 1 is 1.31 bits per heavy atom. The molecule has 0 aliphatic carbocycles. The van der Waals surface area contributed by atoms with Crippen LogP contribution in [0.4, 0.5) is 13.2 Å². The van der Waals surface area contributed by atoms with E-state index in [1.165, 1.54) is 0 Å². The van der Waals surface area contributed by atoms with Gasteiger partial charge in [0, 0.05) is 0 Å². The second-order valence-corrected chi connectivity index (χ2v) is 6.27. The Morgan fingerprint density at radius 3 is 2.25 bits per heavy atom. The molecular formula is C7H3BrCl2F3NOS. The second-order valence-electron chi connectivity index (χ2n) is 2.68. The number of hydrogen-bond acceptors (Lipinski definition) is 2. The molecule has 2 nitrogen and oxygen atoms in total. The number of benzene rings is 1. The number of nitrogens with one attached hydrogen (secondary N) is 1. The molecule has 1 rings (SSSR count). The van der Waals surface area contributed by atoms with E-state index in [9.17, 15) is 17.4 Å². The lowest BCUT2D eigenvalue weighted by Gasteiger charge is -2.13. The summed E-state index contributed by atoms with van der Waals surface area (Å²) in [5.41, 5.74) is -5.18. The number of rotatable bonds is 1. The van der Waals surface area contributed by atoms with Crippen molar-refractivity contribution in [3.63, 3.8) is 0 Å². The zero-order chi connectivity index (χ0) is 12.7. The Hall–Kier alpha value is 0.0200. The summed E-state index contributed by atoms with van der Waals surface area (Å²) < 4.78 is 55.2. The summed E-state index contributed by atoms with van der Waals surface area (Å²) in [6.45, 7) is 0. The first-order chi connectivity index (χ1) is 7.09. The van der Waals surface area contributed by atoms with Crippen molar-refractivity contribution in [2.24, 2.45) is 0 Å². The Balaban J connectivity index is 3.55. The molecule has 0 spiro atoms. The summed E-state index contributed by atoms with van der Waals surface area (Å²) in [6.07, 6.45) is 0. The lowest BCUT2D eigenvalue weighted by atomic mass is 10.4. The van der Waals surface area contributed by atoms with Gasteiger partial charge in [0.2, 0.25) is 0 Å². The van der Waals surface area contributed by atoms with Gasteiger partial charge in [-0.15, -0.1) is 0 Å². The molecule has 1 unspecified atom stereocenters. The standard InChI is InChI=1S/C7H3BrCl2F3NOS/c8-5-3(9)1-2-4(6(5)10)16(14,15)7(11,12)13/h1-2,14H. The van der Waals surface area contributed by atoms with E-state index in [0.717, 1.165) is 12.1 Å². The van der Waals surface area contributed by atoms with Crippen LogP contribution >= 0.6 is 39.1 Å². The fraction of sp³-hybridized carbons (Fsp3) is 0.143. The lowest BCUT2D eigenvalue weighted by molar-refractivity contribution is -0.0406. The van der Waals surface area contributed by atoms with Crippen LogP contribution in [0.5, 0.6) is 0 Å². The van der Waals surface area contributed by atoms with Crippen molar-refractivity contribution in [2.75, 3.05) is 0 Å². The Kier molecular flexibility index (Phi) is 3.84. The number of hydrogen-bond donors (Lipinski definition) is 1. The van der Waals surface area contributed by atoms with E-state index in [-0.39, 0.29) is 9.50 Å². The van der Waals surface area contributed by atoms with E-state index in [1.54, 1.807) is 0 Å². The summed E-state index contributed by atoms with van der Waals surface area (Å²) in [5.74, 6) is 0. The average Bonchev–Trinajstić information content (AvgIpc) is 2.12. The van der Waals surface area contributed by atoms with Crippen LogP contribution in [0.1, 0.15) is 0 Å². The van der Waals surface area contributed by atoms with Crippen LogP contribution in [-0.2, 0) is 9.73 Å². The van der Waals surface area contributed by atoms with Gasteiger partial charge in [-0.1, -0.05) is 23.2 Å². The van der Waals surface area contributed by atoms with Gasteiger partial charge < -0.3 is 0 Å². The lowest BCUT2D eigenvalue weighted by Crippen LogP contribution is -2.22. The zero-order valence-electron chi connectivity index (χ0n) is 7.24. The summed E-state index contributed by atoms with van der Waals surface area (Å²) in [5, 5.41) is -0.393. The molecule has 1 atom stereocenters. The molecule has 0 amide bonds. The van der Waals surface area contributed by atoms with Crippen molar-refractivity contribution in [1.82, 2.24) is 0 Å². The van der Waals surface area contributed by atoms with Gasteiger partial charge in [0.05, 0.1) is 19.4 Å². The van der Waals surface area contributed by atoms with E-state index in [0.29, 0.717) is 0 Å². The Labute approximate surface area is 108 Å². The first kappa shape index (κ1) is 14.1. The normalized spacial score (nSPS) is 15.9. The van der Waals surface area contributed by atoms with Gasteiger partial charge in [0.25, 0.3) is 0 Å². The van der Waals surface area contributed by atoms with Gasteiger partial charge in [-0.3, -0.25) is 0 Å². The van der Waals surface area contributed by atoms with Crippen molar-refractivity contribution in [1.29, 1.82) is 4.78 Å². The van der Waals surface area contributed by atoms with Gasteiger partial charge in [-0.05, 0) is 28.1 Å². The fourth-order valence-electron chi connectivity index (χ4n) is 0.855. The van der Waals surface area contributed by atoms with Crippen molar-refractivity contribution in [3.8, 4) is 0 Å². The van der Waals surface area contributed by atoms with E-state index < -0.39 is 25.2 Å². The summed E-state index contributed by atoms with van der Waals surface area (Å²) in [7, 11) is -4.97. The van der Waals surface area contributed by atoms with E-state index in [4.69, 9.17) is 28.0 Å². The zero-order valence-corrected chi connectivity index (χ0v) is 11.2. The minimum Gasteiger partial charge on any atom is -0.241 e. The van der Waals surface area contributed by atoms with Gasteiger partial charge in [0.1, 0.15) is 0 Å². The van der Waals surface area contributed by atoms with Crippen LogP contribution in [0.25, 0.3) is 0 Å². The highest BCUT2D eigenvalue weighted by molar-refractivity contribution is 9.10. The largest absolute Gasteiger partial charge is 0.483 e. The highest BCUT2D eigenvalue weighted by atomic mass is 79.9. The maximum Gasteiger partial charge on any atom is 0.483 e. The molecule has 90 valence electrons. The molecule has 9 heteroatoms. The molecule has 0 aromatic heterocycles. The van der Waals surface area contributed by atoms with Crippen LogP contribution in [0, 0.1) is 4.78 Å². The van der Waals surface area contributed by atoms with Crippen molar-refractivity contribution < 1.29 is 17.4 Å². The summed E-state index contributed by atoms with van der Waals surface area (Å²) in [4.78, 5) is -0.807. The highest BCUT2D eigenvalue weighted by Gasteiger charge is 2.44. The molecule has 0 saturated heterocycles. The van der Waals surface area contributed by atoms with Crippen molar-refractivity contribution >= 4 is 48.9 Å². The minimum absolute atomic E-state index is 0.0161. The molecule has 0 heterocycles. The molecule has 0 bridgehead atoms. The third-order valence-corrected chi connectivity index (χ3v) is 5.35. The van der Waals surface area contributed by atoms with Crippen LogP contribution in [0.2, 0.25) is 10.0 Å². The maximum atomic E-state index is 12.4. The monoisotopic (exact) mass is 355 g/mol.